The molecule has 19 heavy (non-hydrogen) atoms. The van der Waals surface area contributed by atoms with Crippen LogP contribution >= 0.6 is 0 Å². The monoisotopic (exact) mass is 264 g/mol. The quantitative estimate of drug-likeness (QED) is 0.735. The molecule has 0 aliphatic rings. The normalized spacial score (nSPS) is 14.2. The minimum absolute atomic E-state index is 0.0276. The van der Waals surface area contributed by atoms with E-state index in [1.54, 1.807) is 6.92 Å². The Morgan fingerprint density at radius 2 is 1.79 bits per heavy atom. The number of hydrogen-bond donors (Lipinski definition) is 3. The van der Waals surface area contributed by atoms with Crippen LogP contribution in [0.25, 0.3) is 0 Å². The van der Waals surface area contributed by atoms with Crippen LogP contribution in [0.2, 0.25) is 0 Å². The standard InChI is InChI=1S/C15H24N2O2/c1-10(2)14(9-18)16-12(4)15(19)17-13-7-5-11(3)6-8-13/h5-8,10,12,14,16,18H,9H2,1-4H3,(H,17,19). The summed E-state index contributed by atoms with van der Waals surface area (Å²) in [6.45, 7) is 7.86. The molecule has 2 atom stereocenters. The van der Waals surface area contributed by atoms with Crippen molar-refractivity contribution in [1.82, 2.24) is 5.32 Å². The Balaban J connectivity index is 2.55. The van der Waals surface area contributed by atoms with Gasteiger partial charge in [0.2, 0.25) is 5.91 Å². The highest BCUT2D eigenvalue weighted by atomic mass is 16.3. The lowest BCUT2D eigenvalue weighted by Crippen LogP contribution is -2.47. The van der Waals surface area contributed by atoms with Gasteiger partial charge in [0, 0.05) is 11.7 Å². The first-order chi connectivity index (χ1) is 8.93. The second kappa shape index (κ2) is 7.26. The largest absolute Gasteiger partial charge is 0.395 e. The third kappa shape index (κ3) is 5.01. The number of carbonyl (C=O) groups is 1. The van der Waals surface area contributed by atoms with Crippen molar-refractivity contribution in [2.75, 3.05) is 11.9 Å². The number of nitrogens with one attached hydrogen (secondary N) is 2. The Morgan fingerprint density at radius 3 is 2.26 bits per heavy atom. The second-order valence-electron chi connectivity index (χ2n) is 5.28. The fourth-order valence-corrected chi connectivity index (χ4v) is 1.74. The van der Waals surface area contributed by atoms with Crippen molar-refractivity contribution in [2.45, 2.75) is 39.8 Å². The van der Waals surface area contributed by atoms with Crippen LogP contribution in [0.3, 0.4) is 0 Å². The Kier molecular flexibility index (Phi) is 5.99. The minimum Gasteiger partial charge on any atom is -0.395 e. The first-order valence-electron chi connectivity index (χ1n) is 6.68. The molecule has 1 rings (SSSR count). The fraction of sp³-hybridized carbons (Fsp3) is 0.533. The van der Waals surface area contributed by atoms with E-state index >= 15 is 0 Å². The van der Waals surface area contributed by atoms with Gasteiger partial charge in [0.25, 0.3) is 0 Å². The van der Waals surface area contributed by atoms with Crippen LogP contribution in [0.15, 0.2) is 24.3 Å². The molecule has 0 heterocycles. The van der Waals surface area contributed by atoms with Crippen LogP contribution in [-0.4, -0.2) is 29.7 Å². The van der Waals surface area contributed by atoms with Crippen molar-refractivity contribution < 1.29 is 9.90 Å². The second-order valence-corrected chi connectivity index (χ2v) is 5.28. The predicted octanol–water partition coefficient (Wildman–Crippen LogP) is 1.93. The third-order valence-electron chi connectivity index (χ3n) is 3.18. The Morgan fingerprint density at radius 1 is 1.21 bits per heavy atom. The molecule has 3 N–H and O–H groups in total. The van der Waals surface area contributed by atoms with Crippen molar-refractivity contribution in [1.29, 1.82) is 0 Å². The lowest BCUT2D eigenvalue weighted by Gasteiger charge is -2.24. The van der Waals surface area contributed by atoms with Crippen molar-refractivity contribution in [2.24, 2.45) is 5.92 Å². The van der Waals surface area contributed by atoms with Gasteiger partial charge >= 0.3 is 0 Å². The van der Waals surface area contributed by atoms with E-state index < -0.39 is 0 Å². The summed E-state index contributed by atoms with van der Waals surface area (Å²) >= 11 is 0. The molecule has 1 amide bonds. The molecule has 0 saturated carbocycles. The molecule has 0 bridgehead atoms. The zero-order valence-corrected chi connectivity index (χ0v) is 12.1. The molecule has 4 heteroatoms. The van der Waals surface area contributed by atoms with Gasteiger partial charge in [-0.25, -0.2) is 0 Å². The van der Waals surface area contributed by atoms with Crippen LogP contribution in [0.5, 0.6) is 0 Å². The van der Waals surface area contributed by atoms with Gasteiger partial charge in [-0.2, -0.15) is 0 Å². The topological polar surface area (TPSA) is 61.4 Å². The lowest BCUT2D eigenvalue weighted by molar-refractivity contribution is -0.118. The van der Waals surface area contributed by atoms with Crippen LogP contribution in [-0.2, 0) is 4.79 Å². The van der Waals surface area contributed by atoms with Crippen molar-refractivity contribution in [3.8, 4) is 0 Å². The number of aliphatic hydroxyl groups excluding tert-OH is 1. The summed E-state index contributed by atoms with van der Waals surface area (Å²) in [5, 5.41) is 15.2. The third-order valence-corrected chi connectivity index (χ3v) is 3.18. The smallest absolute Gasteiger partial charge is 0.241 e. The lowest BCUT2D eigenvalue weighted by atomic mass is 10.0. The molecular formula is C15H24N2O2. The van der Waals surface area contributed by atoms with Gasteiger partial charge in [0.05, 0.1) is 12.6 Å². The van der Waals surface area contributed by atoms with Gasteiger partial charge in [-0.05, 0) is 31.9 Å². The summed E-state index contributed by atoms with van der Waals surface area (Å²) in [5.41, 5.74) is 1.94. The maximum absolute atomic E-state index is 12.0. The van der Waals surface area contributed by atoms with E-state index in [-0.39, 0.29) is 30.5 Å². The molecular weight excluding hydrogens is 240 g/mol. The Bertz CT molecular complexity index is 401. The summed E-state index contributed by atoms with van der Waals surface area (Å²) in [6.07, 6.45) is 0. The van der Waals surface area contributed by atoms with Gasteiger partial charge in [0.15, 0.2) is 0 Å². The highest BCUT2D eigenvalue weighted by Crippen LogP contribution is 2.09. The highest BCUT2D eigenvalue weighted by molar-refractivity contribution is 5.94. The molecule has 0 aliphatic heterocycles. The molecule has 1 aromatic carbocycles. The van der Waals surface area contributed by atoms with Crippen LogP contribution in [0.1, 0.15) is 26.3 Å². The van der Waals surface area contributed by atoms with E-state index in [1.165, 1.54) is 0 Å². The summed E-state index contributed by atoms with van der Waals surface area (Å²) in [7, 11) is 0. The number of benzene rings is 1. The van der Waals surface area contributed by atoms with Crippen molar-refractivity contribution in [3.05, 3.63) is 29.8 Å². The molecule has 0 spiro atoms. The molecule has 4 nitrogen and oxygen atoms in total. The number of aliphatic hydroxyl groups is 1. The Labute approximate surface area is 115 Å². The van der Waals surface area contributed by atoms with E-state index in [4.69, 9.17) is 0 Å². The van der Waals surface area contributed by atoms with Crippen LogP contribution in [0.4, 0.5) is 5.69 Å². The van der Waals surface area contributed by atoms with Crippen LogP contribution in [0, 0.1) is 12.8 Å². The summed E-state index contributed by atoms with van der Waals surface area (Å²) in [4.78, 5) is 12.0. The minimum atomic E-state index is -0.346. The van der Waals surface area contributed by atoms with Gasteiger partial charge in [-0.3, -0.25) is 4.79 Å². The molecule has 106 valence electrons. The summed E-state index contributed by atoms with van der Waals surface area (Å²) in [6, 6.07) is 7.26. The molecule has 0 saturated heterocycles. The number of hydrogen-bond acceptors (Lipinski definition) is 3. The molecule has 2 unspecified atom stereocenters. The van der Waals surface area contributed by atoms with E-state index in [2.05, 4.69) is 10.6 Å². The van der Waals surface area contributed by atoms with Crippen LogP contribution < -0.4 is 10.6 Å². The molecule has 0 aromatic heterocycles. The fourth-order valence-electron chi connectivity index (χ4n) is 1.74. The number of rotatable bonds is 6. The number of amides is 1. The van der Waals surface area contributed by atoms with E-state index in [9.17, 15) is 9.90 Å². The van der Waals surface area contributed by atoms with Gasteiger partial charge < -0.3 is 15.7 Å². The average molecular weight is 264 g/mol. The first-order valence-corrected chi connectivity index (χ1v) is 6.68. The average Bonchev–Trinajstić information content (AvgIpc) is 2.37. The van der Waals surface area contributed by atoms with Crippen molar-refractivity contribution in [3.63, 3.8) is 0 Å². The molecule has 0 radical (unpaired) electrons. The van der Waals surface area contributed by atoms with Crippen molar-refractivity contribution >= 4 is 11.6 Å². The zero-order valence-electron chi connectivity index (χ0n) is 12.1. The van der Waals surface area contributed by atoms with E-state index in [1.807, 2.05) is 45.0 Å². The first kappa shape index (κ1) is 15.7. The molecule has 0 fully saturated rings. The number of aryl methyl sites for hydroxylation is 1. The maximum atomic E-state index is 12.0. The zero-order chi connectivity index (χ0) is 14.4. The van der Waals surface area contributed by atoms with E-state index in [0.29, 0.717) is 0 Å². The van der Waals surface area contributed by atoms with Gasteiger partial charge in [-0.15, -0.1) is 0 Å². The SMILES string of the molecule is Cc1ccc(NC(=O)C(C)NC(CO)C(C)C)cc1. The van der Waals surface area contributed by atoms with E-state index in [0.717, 1.165) is 11.3 Å². The molecule has 1 aromatic rings. The summed E-state index contributed by atoms with van der Waals surface area (Å²) < 4.78 is 0. The highest BCUT2D eigenvalue weighted by Gasteiger charge is 2.19. The van der Waals surface area contributed by atoms with Gasteiger partial charge in [-0.1, -0.05) is 31.5 Å². The molecule has 0 aliphatic carbocycles. The maximum Gasteiger partial charge on any atom is 0.241 e. The number of carbonyl (C=O) groups excluding carboxylic acids is 1. The van der Waals surface area contributed by atoms with Gasteiger partial charge in [0.1, 0.15) is 0 Å². The predicted molar refractivity (Wildman–Crippen MR) is 78.1 cm³/mol. The number of anilines is 1. The Hall–Kier alpha value is -1.39. The summed E-state index contributed by atoms with van der Waals surface area (Å²) in [5.74, 6) is 0.183.